The predicted octanol–water partition coefficient (Wildman–Crippen LogP) is 6.00. The Hall–Kier alpha value is -2.54. The van der Waals surface area contributed by atoms with Crippen molar-refractivity contribution < 1.29 is 4.74 Å². The molecule has 0 fully saturated rings. The number of ether oxygens (including phenoxy) is 1. The second-order valence-electron chi connectivity index (χ2n) is 6.27. The molecule has 0 aliphatic heterocycles. The molecular weight excluding hydrogens is 292 g/mol. The Bertz CT molecular complexity index is 717. The average Bonchev–Trinajstić information content (AvgIpc) is 2.67. The first-order valence-corrected chi connectivity index (χ1v) is 8.62. The van der Waals surface area contributed by atoms with Crippen LogP contribution in [0, 0.1) is 0 Å². The minimum absolute atomic E-state index is 0.584. The third-order valence-electron chi connectivity index (χ3n) is 4.41. The quantitative estimate of drug-likeness (QED) is 0.519. The smallest absolute Gasteiger partial charge is 0.119 e. The zero-order valence-electron chi connectivity index (χ0n) is 14.2. The van der Waals surface area contributed by atoms with E-state index in [1.807, 2.05) is 18.2 Å². The summed E-state index contributed by atoms with van der Waals surface area (Å²) in [6.07, 6.45) is 2.25. The van der Waals surface area contributed by atoms with Crippen molar-refractivity contribution in [3.05, 3.63) is 102 Å². The second-order valence-corrected chi connectivity index (χ2v) is 6.27. The van der Waals surface area contributed by atoms with E-state index in [0.29, 0.717) is 12.5 Å². The van der Waals surface area contributed by atoms with Crippen molar-refractivity contribution in [2.45, 2.75) is 32.3 Å². The van der Waals surface area contributed by atoms with E-state index in [9.17, 15) is 0 Å². The van der Waals surface area contributed by atoms with Gasteiger partial charge in [-0.3, -0.25) is 0 Å². The van der Waals surface area contributed by atoms with Gasteiger partial charge in [-0.25, -0.2) is 0 Å². The van der Waals surface area contributed by atoms with Gasteiger partial charge in [-0.05, 0) is 47.6 Å². The van der Waals surface area contributed by atoms with Crippen molar-refractivity contribution in [1.29, 1.82) is 0 Å². The van der Waals surface area contributed by atoms with E-state index in [4.69, 9.17) is 4.74 Å². The fourth-order valence-electron chi connectivity index (χ4n) is 2.82. The van der Waals surface area contributed by atoms with E-state index < -0.39 is 0 Å². The van der Waals surface area contributed by atoms with Crippen molar-refractivity contribution in [2.24, 2.45) is 0 Å². The minimum atomic E-state index is 0.584. The monoisotopic (exact) mass is 316 g/mol. The van der Waals surface area contributed by atoms with Crippen molar-refractivity contribution in [3.8, 4) is 5.75 Å². The van der Waals surface area contributed by atoms with Crippen LogP contribution in [0.15, 0.2) is 84.9 Å². The summed E-state index contributed by atoms with van der Waals surface area (Å²) in [6.45, 7) is 2.91. The normalized spacial score (nSPS) is 11.9. The van der Waals surface area contributed by atoms with Gasteiger partial charge >= 0.3 is 0 Å². The van der Waals surface area contributed by atoms with Crippen molar-refractivity contribution in [1.82, 2.24) is 0 Å². The van der Waals surface area contributed by atoms with Crippen LogP contribution >= 0.6 is 0 Å². The molecule has 1 nitrogen and oxygen atoms in total. The third-order valence-corrected chi connectivity index (χ3v) is 4.41. The van der Waals surface area contributed by atoms with E-state index in [-0.39, 0.29) is 0 Å². The van der Waals surface area contributed by atoms with Crippen LogP contribution in [-0.2, 0) is 13.0 Å². The molecule has 0 saturated heterocycles. The van der Waals surface area contributed by atoms with Crippen LogP contribution in [0.3, 0.4) is 0 Å². The summed E-state index contributed by atoms with van der Waals surface area (Å²) in [5, 5.41) is 0. The van der Waals surface area contributed by atoms with E-state index >= 15 is 0 Å². The van der Waals surface area contributed by atoms with Crippen molar-refractivity contribution in [2.75, 3.05) is 0 Å². The van der Waals surface area contributed by atoms with E-state index in [2.05, 4.69) is 73.7 Å². The lowest BCUT2D eigenvalue weighted by Crippen LogP contribution is -1.97. The van der Waals surface area contributed by atoms with Crippen molar-refractivity contribution in [3.63, 3.8) is 0 Å². The number of rotatable bonds is 7. The lowest BCUT2D eigenvalue weighted by molar-refractivity contribution is 0.306. The molecule has 1 heteroatoms. The molecule has 3 rings (SSSR count). The number of hydrogen-bond acceptors (Lipinski definition) is 1. The van der Waals surface area contributed by atoms with Crippen LogP contribution in [0.1, 0.15) is 36.0 Å². The molecule has 0 aliphatic carbocycles. The highest BCUT2D eigenvalue weighted by atomic mass is 16.5. The van der Waals surface area contributed by atoms with Crippen LogP contribution in [-0.4, -0.2) is 0 Å². The van der Waals surface area contributed by atoms with Gasteiger partial charge in [-0.15, -0.1) is 0 Å². The molecule has 0 heterocycles. The van der Waals surface area contributed by atoms with Gasteiger partial charge in [0.15, 0.2) is 0 Å². The molecule has 3 aromatic rings. The summed E-state index contributed by atoms with van der Waals surface area (Å²) < 4.78 is 5.84. The Morgan fingerprint density at radius 3 is 2.00 bits per heavy atom. The summed E-state index contributed by atoms with van der Waals surface area (Å²) in [4.78, 5) is 0. The summed E-state index contributed by atoms with van der Waals surface area (Å²) in [7, 11) is 0. The molecule has 122 valence electrons. The van der Waals surface area contributed by atoms with Gasteiger partial charge in [0.1, 0.15) is 12.4 Å². The van der Waals surface area contributed by atoms with Gasteiger partial charge in [0, 0.05) is 0 Å². The van der Waals surface area contributed by atoms with Gasteiger partial charge in [0.2, 0.25) is 0 Å². The van der Waals surface area contributed by atoms with Crippen LogP contribution in [0.25, 0.3) is 0 Å². The van der Waals surface area contributed by atoms with Gasteiger partial charge in [-0.1, -0.05) is 79.7 Å². The standard InChI is InChI=1S/C23H24O/c1-19(22-10-6-3-7-11-22)12-13-20-14-16-23(17-15-20)24-18-21-8-4-2-5-9-21/h2-11,14-17,19H,12-13,18H2,1H3/t19-/m0/s1. The Labute approximate surface area is 144 Å². The SMILES string of the molecule is C[C@@H](CCc1ccc(OCc2ccccc2)cc1)c1ccccc1. The van der Waals surface area contributed by atoms with E-state index in [1.54, 1.807) is 0 Å². The maximum absolute atomic E-state index is 5.84. The molecule has 24 heavy (non-hydrogen) atoms. The van der Waals surface area contributed by atoms with Gasteiger partial charge < -0.3 is 4.74 Å². The van der Waals surface area contributed by atoms with Gasteiger partial charge in [0.25, 0.3) is 0 Å². The minimum Gasteiger partial charge on any atom is -0.489 e. The van der Waals surface area contributed by atoms with Crippen molar-refractivity contribution >= 4 is 0 Å². The maximum atomic E-state index is 5.84. The molecular formula is C23H24O. The molecule has 0 spiro atoms. The molecule has 1 atom stereocenters. The Morgan fingerprint density at radius 2 is 1.33 bits per heavy atom. The van der Waals surface area contributed by atoms with E-state index in [1.165, 1.54) is 16.7 Å². The van der Waals surface area contributed by atoms with Gasteiger partial charge in [-0.2, -0.15) is 0 Å². The van der Waals surface area contributed by atoms with Crippen LogP contribution in [0.2, 0.25) is 0 Å². The first-order chi connectivity index (χ1) is 11.8. The molecule has 0 aromatic heterocycles. The fourth-order valence-corrected chi connectivity index (χ4v) is 2.82. The summed E-state index contributed by atoms with van der Waals surface area (Å²) in [6, 6.07) is 29.5. The molecule has 0 bridgehead atoms. The lowest BCUT2D eigenvalue weighted by atomic mass is 9.94. The highest BCUT2D eigenvalue weighted by Gasteiger charge is 2.05. The summed E-state index contributed by atoms with van der Waals surface area (Å²) in [5.41, 5.74) is 3.98. The number of hydrogen-bond donors (Lipinski definition) is 0. The Kier molecular flexibility index (Phi) is 5.68. The topological polar surface area (TPSA) is 9.23 Å². The molecule has 0 aliphatic rings. The third kappa shape index (κ3) is 4.73. The predicted molar refractivity (Wildman–Crippen MR) is 100 cm³/mol. The van der Waals surface area contributed by atoms with Crippen LogP contribution in [0.4, 0.5) is 0 Å². The molecule has 0 N–H and O–H groups in total. The largest absolute Gasteiger partial charge is 0.489 e. The second kappa shape index (κ2) is 8.35. The highest BCUT2D eigenvalue weighted by molar-refractivity contribution is 5.28. The van der Waals surface area contributed by atoms with Crippen LogP contribution < -0.4 is 4.74 Å². The fraction of sp³-hybridized carbons (Fsp3) is 0.217. The zero-order valence-corrected chi connectivity index (χ0v) is 14.2. The Balaban J connectivity index is 1.49. The number of benzene rings is 3. The summed E-state index contributed by atoms with van der Waals surface area (Å²) in [5.74, 6) is 1.51. The van der Waals surface area contributed by atoms with Crippen LogP contribution in [0.5, 0.6) is 5.75 Å². The molecule has 3 aromatic carbocycles. The van der Waals surface area contributed by atoms with Gasteiger partial charge in [0.05, 0.1) is 0 Å². The maximum Gasteiger partial charge on any atom is 0.119 e. The average molecular weight is 316 g/mol. The Morgan fingerprint density at radius 1 is 0.708 bits per heavy atom. The van der Waals surface area contributed by atoms with E-state index in [0.717, 1.165) is 18.6 Å². The first-order valence-electron chi connectivity index (χ1n) is 8.62. The highest BCUT2D eigenvalue weighted by Crippen LogP contribution is 2.22. The lowest BCUT2D eigenvalue weighted by Gasteiger charge is -2.12. The molecule has 0 amide bonds. The molecule has 0 unspecified atom stereocenters. The zero-order chi connectivity index (χ0) is 16.6. The first kappa shape index (κ1) is 16.3. The molecule has 0 radical (unpaired) electrons. The molecule has 0 saturated carbocycles. The number of aryl methyl sites for hydroxylation is 1. The summed E-state index contributed by atoms with van der Waals surface area (Å²) >= 11 is 0.